The molecule has 3 aromatic rings. The summed E-state index contributed by atoms with van der Waals surface area (Å²) < 4.78 is 31.2. The monoisotopic (exact) mass is 1080 g/mol. The smallest absolute Gasteiger partial charge is 0.326 e. The summed E-state index contributed by atoms with van der Waals surface area (Å²) in [5, 5.41) is 32.9. The number of aliphatic hydroxyl groups excluding tert-OH is 1. The number of aromatic nitrogens is 2. The molecule has 8 amide bonds. The van der Waals surface area contributed by atoms with Gasteiger partial charge in [-0.2, -0.15) is 0 Å². The van der Waals surface area contributed by atoms with Crippen LogP contribution in [0.1, 0.15) is 117 Å². The van der Waals surface area contributed by atoms with Gasteiger partial charge >= 0.3 is 5.97 Å². The van der Waals surface area contributed by atoms with Gasteiger partial charge in [0.15, 0.2) is 0 Å². The Hall–Kier alpha value is -7.40. The van der Waals surface area contributed by atoms with E-state index < -0.39 is 95.3 Å². The fourth-order valence-electron chi connectivity index (χ4n) is 8.58. The molecule has 2 aromatic carbocycles. The van der Waals surface area contributed by atoms with Crippen molar-refractivity contribution in [3.05, 3.63) is 89.9 Å². The predicted molar refractivity (Wildman–Crippen MR) is 279 cm³/mol. The first-order valence-corrected chi connectivity index (χ1v) is 25.8. The molecule has 77 heavy (non-hydrogen) atoms. The van der Waals surface area contributed by atoms with E-state index >= 15 is 4.39 Å². The number of benzene rings is 2. The number of imide groups is 1. The molecule has 0 radical (unpaired) electrons. The van der Waals surface area contributed by atoms with Gasteiger partial charge in [0.05, 0.1) is 17.8 Å². The minimum Gasteiger partial charge on any atom is -0.480 e. The maximum Gasteiger partial charge on any atom is 0.326 e. The number of unbranched alkanes of at least 4 members (excludes halogenated alkanes) is 3. The minimum absolute atomic E-state index is 0.00245. The SMILES string of the molecule is CC(C)C(NC(=O)CCCCCN1C(=O)C=CC1=O)C(=O)N[C@@H](C)C(=O)N[C@@H](CCCCNC(=O)CCNC(=O)[C@@H](N)CCN(C(=O)CO)[C@@H](c1nc(-c2cc(F)ccc2F)cn1Cc1ccccc1)C(C)(C)C)C(=O)O. The molecule has 1 aromatic heterocycles. The number of carbonyl (C=O) groups is 9. The molecule has 1 aliphatic rings. The molecule has 5 atom stereocenters. The maximum absolute atomic E-state index is 15.1. The van der Waals surface area contributed by atoms with Gasteiger partial charge in [-0.05, 0) is 80.5 Å². The molecule has 0 saturated carbocycles. The van der Waals surface area contributed by atoms with Gasteiger partial charge in [0.25, 0.3) is 11.8 Å². The molecule has 9 N–H and O–H groups in total. The Morgan fingerprint density at radius 1 is 0.779 bits per heavy atom. The van der Waals surface area contributed by atoms with Crippen molar-refractivity contribution in [1.82, 2.24) is 45.9 Å². The summed E-state index contributed by atoms with van der Waals surface area (Å²) in [4.78, 5) is 121. The highest BCUT2D eigenvalue weighted by molar-refractivity contribution is 6.12. The van der Waals surface area contributed by atoms with E-state index in [9.17, 15) is 57.8 Å². The first kappa shape index (κ1) is 62.1. The molecule has 0 bridgehead atoms. The summed E-state index contributed by atoms with van der Waals surface area (Å²) in [6.07, 6.45) is 6.03. The Balaban J connectivity index is 1.21. The lowest BCUT2D eigenvalue weighted by Gasteiger charge is -2.40. The summed E-state index contributed by atoms with van der Waals surface area (Å²) in [5.74, 6) is -6.96. The topological polar surface area (TPSA) is 305 Å². The lowest BCUT2D eigenvalue weighted by molar-refractivity contribution is -0.142. The van der Waals surface area contributed by atoms with Crippen LogP contribution in [0.25, 0.3) is 11.3 Å². The molecule has 0 aliphatic carbocycles. The second-order valence-electron chi connectivity index (χ2n) is 20.4. The lowest BCUT2D eigenvalue weighted by atomic mass is 9.84. The molecular formula is C54H74F2N10O11. The Morgan fingerprint density at radius 2 is 1.47 bits per heavy atom. The van der Waals surface area contributed by atoms with Crippen molar-refractivity contribution in [2.75, 3.05) is 32.8 Å². The van der Waals surface area contributed by atoms with Crippen LogP contribution in [-0.2, 0) is 49.7 Å². The number of halogens is 2. The van der Waals surface area contributed by atoms with E-state index in [1.165, 1.54) is 24.0 Å². The molecule has 0 fully saturated rings. The van der Waals surface area contributed by atoms with Gasteiger partial charge in [-0.15, -0.1) is 0 Å². The zero-order valence-corrected chi connectivity index (χ0v) is 44.6. The third-order valence-corrected chi connectivity index (χ3v) is 12.8. The van der Waals surface area contributed by atoms with Crippen LogP contribution in [0, 0.1) is 23.0 Å². The van der Waals surface area contributed by atoms with Gasteiger partial charge in [0.1, 0.15) is 42.2 Å². The molecule has 0 saturated heterocycles. The van der Waals surface area contributed by atoms with Crippen molar-refractivity contribution < 1.29 is 62.1 Å². The number of imidazole rings is 1. The Labute approximate surface area is 447 Å². The van der Waals surface area contributed by atoms with Crippen molar-refractivity contribution in [2.45, 2.75) is 136 Å². The third kappa shape index (κ3) is 19.3. The Bertz CT molecular complexity index is 2570. The molecule has 2 heterocycles. The highest BCUT2D eigenvalue weighted by Gasteiger charge is 2.39. The molecular weight excluding hydrogens is 1000 g/mol. The maximum atomic E-state index is 15.1. The summed E-state index contributed by atoms with van der Waals surface area (Å²) in [7, 11) is 0. The number of carboxylic acids is 1. The fraction of sp³-hybridized carbons (Fsp3) is 0.519. The highest BCUT2D eigenvalue weighted by atomic mass is 19.1. The molecule has 420 valence electrons. The minimum atomic E-state index is -1.31. The van der Waals surface area contributed by atoms with Gasteiger partial charge in [-0.1, -0.05) is 71.4 Å². The van der Waals surface area contributed by atoms with Crippen molar-refractivity contribution >= 4 is 53.2 Å². The van der Waals surface area contributed by atoms with Crippen LogP contribution in [0.3, 0.4) is 0 Å². The van der Waals surface area contributed by atoms with E-state index in [0.717, 1.165) is 28.7 Å². The molecule has 1 unspecified atom stereocenters. The van der Waals surface area contributed by atoms with Crippen LogP contribution in [-0.4, -0.2) is 140 Å². The van der Waals surface area contributed by atoms with Crippen molar-refractivity contribution in [2.24, 2.45) is 17.1 Å². The van der Waals surface area contributed by atoms with Crippen molar-refractivity contribution in [1.29, 1.82) is 0 Å². The van der Waals surface area contributed by atoms with Gasteiger partial charge in [-0.3, -0.25) is 43.3 Å². The average molecular weight is 1080 g/mol. The van der Waals surface area contributed by atoms with Crippen LogP contribution in [0.15, 0.2) is 66.9 Å². The molecule has 21 nitrogen and oxygen atoms in total. The van der Waals surface area contributed by atoms with E-state index in [1.807, 2.05) is 51.1 Å². The van der Waals surface area contributed by atoms with Crippen LogP contribution < -0.4 is 32.3 Å². The number of hydrogen-bond donors (Lipinski definition) is 8. The van der Waals surface area contributed by atoms with E-state index in [2.05, 4.69) is 26.6 Å². The first-order chi connectivity index (χ1) is 36.4. The van der Waals surface area contributed by atoms with E-state index in [0.29, 0.717) is 31.5 Å². The first-order valence-electron chi connectivity index (χ1n) is 25.8. The normalized spacial score (nSPS) is 14.4. The average Bonchev–Trinajstić information content (AvgIpc) is 3.93. The van der Waals surface area contributed by atoms with Gasteiger partial charge in [0, 0.05) is 69.5 Å². The molecule has 23 heteroatoms. The Kier molecular flexibility index (Phi) is 24.0. The van der Waals surface area contributed by atoms with E-state index in [-0.39, 0.29) is 93.8 Å². The number of aliphatic hydroxyl groups is 1. The standard InChI is InChI=1S/C54H74F2N10O11/c1-33(2)47(63-43(69)18-11-8-14-27-65-44(70)21-22-45(65)71)52(75)60-34(3)50(73)62-40(53(76)77)17-12-13-25-58-42(68)23-26-59-51(74)39(57)24-28-66(46(72)32-67)48(54(4,5)6)49-61-41(37-29-36(55)19-20-38(37)56)31-64(49)30-35-15-9-7-10-16-35/h7,9-10,15-16,19-22,29,31,33-34,39-40,47-48,67H,8,11-14,17-18,23-28,30,32,57H2,1-6H3,(H,58,68)(H,59,74)(H,60,75)(H,62,73)(H,63,69)(H,76,77)/t34-,39-,40-,47?,48-/m0/s1. The largest absolute Gasteiger partial charge is 0.480 e. The zero-order valence-electron chi connectivity index (χ0n) is 44.6. The van der Waals surface area contributed by atoms with Gasteiger partial charge in [0.2, 0.25) is 35.4 Å². The van der Waals surface area contributed by atoms with E-state index in [4.69, 9.17) is 10.7 Å². The van der Waals surface area contributed by atoms with Gasteiger partial charge in [-0.25, -0.2) is 18.6 Å². The van der Waals surface area contributed by atoms with Crippen LogP contribution >= 0.6 is 0 Å². The summed E-state index contributed by atoms with van der Waals surface area (Å²) in [5.41, 5.74) is 6.43. The van der Waals surface area contributed by atoms with Crippen molar-refractivity contribution in [3.8, 4) is 11.3 Å². The highest BCUT2D eigenvalue weighted by Crippen LogP contribution is 2.39. The quantitative estimate of drug-likeness (QED) is 0.0340. The van der Waals surface area contributed by atoms with Crippen LogP contribution in [0.2, 0.25) is 0 Å². The molecule has 0 spiro atoms. The number of nitrogens with zero attached hydrogens (tertiary/aromatic N) is 4. The number of hydrogen-bond acceptors (Lipinski definition) is 12. The number of nitrogens with one attached hydrogen (secondary N) is 5. The number of rotatable bonds is 31. The summed E-state index contributed by atoms with van der Waals surface area (Å²) in [6.45, 7) is 9.94. The Morgan fingerprint density at radius 3 is 2.10 bits per heavy atom. The van der Waals surface area contributed by atoms with E-state index in [1.54, 1.807) is 24.6 Å². The summed E-state index contributed by atoms with van der Waals surface area (Å²) >= 11 is 0. The predicted octanol–water partition coefficient (Wildman–Crippen LogP) is 3.00. The number of amides is 8. The third-order valence-electron chi connectivity index (χ3n) is 12.8. The lowest BCUT2D eigenvalue weighted by Crippen LogP contribution is -2.56. The fourth-order valence-corrected chi connectivity index (χ4v) is 8.58. The molecule has 1 aliphatic heterocycles. The van der Waals surface area contributed by atoms with Crippen molar-refractivity contribution in [3.63, 3.8) is 0 Å². The van der Waals surface area contributed by atoms with Crippen LogP contribution in [0.4, 0.5) is 8.78 Å². The second-order valence-corrected chi connectivity index (χ2v) is 20.4. The zero-order chi connectivity index (χ0) is 57.0. The molecule has 4 rings (SSSR count). The number of carboxylic acid groups (broad SMARTS) is 1. The van der Waals surface area contributed by atoms with Gasteiger partial charge < -0.3 is 52.0 Å². The second kappa shape index (κ2) is 29.8. The number of carbonyl (C=O) groups excluding carboxylic acids is 8. The number of aliphatic carboxylic acids is 1. The van der Waals surface area contributed by atoms with Crippen LogP contribution in [0.5, 0.6) is 0 Å². The number of nitrogens with two attached hydrogens (primary N) is 1. The summed E-state index contributed by atoms with van der Waals surface area (Å²) in [6, 6.07) is 6.89.